The van der Waals surface area contributed by atoms with Crippen LogP contribution in [-0.2, 0) is 20.6 Å². The third kappa shape index (κ3) is 5.18. The largest absolute Gasteiger partial charge is 0.468 e. The summed E-state index contributed by atoms with van der Waals surface area (Å²) in [7, 11) is -3.37. The minimum atomic E-state index is -3.37. The Balaban J connectivity index is 1.47. The molecule has 1 amide bonds. The van der Waals surface area contributed by atoms with E-state index < -0.39 is 10.0 Å². The van der Waals surface area contributed by atoms with Gasteiger partial charge in [-0.25, -0.2) is 8.42 Å². The number of carbonyl (C=O) groups is 1. The highest BCUT2D eigenvalue weighted by Crippen LogP contribution is 2.14. The van der Waals surface area contributed by atoms with E-state index in [9.17, 15) is 13.2 Å². The van der Waals surface area contributed by atoms with Gasteiger partial charge in [-0.05, 0) is 24.6 Å². The van der Waals surface area contributed by atoms with E-state index in [4.69, 9.17) is 4.42 Å². The molecule has 1 N–H and O–H groups in total. The molecule has 0 saturated carbocycles. The van der Waals surface area contributed by atoms with Crippen molar-refractivity contribution in [3.8, 4) is 0 Å². The maximum atomic E-state index is 12.6. The number of sulfonamides is 1. The first-order valence-electron chi connectivity index (χ1n) is 9.02. The van der Waals surface area contributed by atoms with Crippen molar-refractivity contribution < 1.29 is 17.6 Å². The molecule has 1 aromatic heterocycles. The normalized spacial score (nSPS) is 17.0. The summed E-state index contributed by atoms with van der Waals surface area (Å²) in [6.45, 7) is 3.59. The van der Waals surface area contributed by atoms with Gasteiger partial charge in [-0.15, -0.1) is 0 Å². The Morgan fingerprint density at radius 3 is 2.44 bits per heavy atom. The molecule has 1 fully saturated rings. The molecule has 0 bridgehead atoms. The van der Waals surface area contributed by atoms with Gasteiger partial charge in [-0.2, -0.15) is 4.31 Å². The van der Waals surface area contributed by atoms with Crippen LogP contribution in [0.2, 0.25) is 0 Å². The van der Waals surface area contributed by atoms with Crippen LogP contribution in [0.1, 0.15) is 24.3 Å². The summed E-state index contributed by atoms with van der Waals surface area (Å²) in [4.78, 5) is 14.1. The summed E-state index contributed by atoms with van der Waals surface area (Å²) in [5, 5.41) is 3.14. The highest BCUT2D eigenvalue weighted by molar-refractivity contribution is 7.88. The predicted molar refractivity (Wildman–Crippen MR) is 102 cm³/mol. The first kappa shape index (κ1) is 19.6. The van der Waals surface area contributed by atoms with Crippen LogP contribution in [0.15, 0.2) is 53.1 Å². The van der Waals surface area contributed by atoms with Crippen LogP contribution in [-0.4, -0.2) is 56.3 Å². The van der Waals surface area contributed by atoms with Gasteiger partial charge in [0.05, 0.1) is 24.6 Å². The van der Waals surface area contributed by atoms with Gasteiger partial charge in [-0.3, -0.25) is 10.1 Å². The van der Waals surface area contributed by atoms with Gasteiger partial charge >= 0.3 is 0 Å². The molecule has 0 spiro atoms. The molecule has 1 aromatic carbocycles. The number of hydrogen-bond donors (Lipinski definition) is 1. The zero-order chi connectivity index (χ0) is 19.3. The fourth-order valence-corrected chi connectivity index (χ4v) is 4.60. The lowest BCUT2D eigenvalue weighted by Gasteiger charge is -2.34. The molecule has 0 aliphatic carbocycles. The predicted octanol–water partition coefficient (Wildman–Crippen LogP) is 1.60. The van der Waals surface area contributed by atoms with Gasteiger partial charge in [0.1, 0.15) is 5.76 Å². The van der Waals surface area contributed by atoms with E-state index in [-0.39, 0.29) is 24.2 Å². The van der Waals surface area contributed by atoms with Gasteiger partial charge in [0, 0.05) is 26.2 Å². The van der Waals surface area contributed by atoms with E-state index in [1.807, 2.05) is 49.4 Å². The first-order chi connectivity index (χ1) is 13.0. The zero-order valence-electron chi connectivity index (χ0n) is 15.4. The van der Waals surface area contributed by atoms with Crippen LogP contribution >= 0.6 is 0 Å². The molecule has 1 aliphatic heterocycles. The van der Waals surface area contributed by atoms with E-state index in [0.717, 1.165) is 11.3 Å². The van der Waals surface area contributed by atoms with Crippen LogP contribution in [0.25, 0.3) is 0 Å². The smallest absolute Gasteiger partial charge is 0.236 e. The molecule has 27 heavy (non-hydrogen) atoms. The molecule has 3 rings (SSSR count). The van der Waals surface area contributed by atoms with Crippen molar-refractivity contribution in [1.82, 2.24) is 14.5 Å². The summed E-state index contributed by atoms with van der Waals surface area (Å²) in [6, 6.07) is 12.8. The molecule has 146 valence electrons. The highest BCUT2D eigenvalue weighted by Gasteiger charge is 2.29. The molecule has 2 aromatic rings. The highest BCUT2D eigenvalue weighted by atomic mass is 32.2. The van der Waals surface area contributed by atoms with Crippen molar-refractivity contribution in [2.75, 3.05) is 32.7 Å². The average Bonchev–Trinajstić information content (AvgIpc) is 3.21. The second kappa shape index (κ2) is 8.69. The monoisotopic (exact) mass is 391 g/mol. The molecule has 1 aliphatic rings. The van der Waals surface area contributed by atoms with Crippen molar-refractivity contribution >= 4 is 15.9 Å². The van der Waals surface area contributed by atoms with Gasteiger partial charge in [-0.1, -0.05) is 30.3 Å². The lowest BCUT2D eigenvalue weighted by Crippen LogP contribution is -2.52. The van der Waals surface area contributed by atoms with Gasteiger partial charge < -0.3 is 9.32 Å². The maximum absolute atomic E-state index is 12.6. The topological polar surface area (TPSA) is 82.9 Å². The fourth-order valence-electron chi connectivity index (χ4n) is 3.08. The third-order valence-electron chi connectivity index (χ3n) is 4.71. The number of amides is 1. The average molecular weight is 391 g/mol. The Hall–Kier alpha value is -2.16. The SMILES string of the molecule is C[C@@H](NCC(=O)N1CCN(S(=O)(=O)Cc2ccccc2)CC1)c1ccco1. The Bertz CT molecular complexity index is 829. The number of furan rings is 1. The second-order valence-corrected chi connectivity index (χ2v) is 8.61. The Labute approximate surface area is 160 Å². The number of nitrogens with one attached hydrogen (secondary N) is 1. The first-order valence-corrected chi connectivity index (χ1v) is 10.6. The molecular formula is C19H25N3O4S. The number of nitrogens with zero attached hydrogens (tertiary/aromatic N) is 2. The molecular weight excluding hydrogens is 366 g/mol. The quantitative estimate of drug-likeness (QED) is 0.775. The number of hydrogen-bond acceptors (Lipinski definition) is 5. The molecule has 1 saturated heterocycles. The zero-order valence-corrected chi connectivity index (χ0v) is 16.2. The van der Waals surface area contributed by atoms with Crippen molar-refractivity contribution in [3.63, 3.8) is 0 Å². The number of rotatable bonds is 7. The Morgan fingerprint density at radius 2 is 1.81 bits per heavy atom. The minimum absolute atomic E-state index is 0.00992. The number of piperazine rings is 1. The van der Waals surface area contributed by atoms with Crippen molar-refractivity contribution in [2.45, 2.75) is 18.7 Å². The van der Waals surface area contributed by atoms with Crippen molar-refractivity contribution in [3.05, 3.63) is 60.1 Å². The lowest BCUT2D eigenvalue weighted by atomic mass is 10.2. The van der Waals surface area contributed by atoms with E-state index >= 15 is 0 Å². The molecule has 0 radical (unpaired) electrons. The van der Waals surface area contributed by atoms with E-state index in [0.29, 0.717) is 26.2 Å². The van der Waals surface area contributed by atoms with Crippen LogP contribution in [0.5, 0.6) is 0 Å². The van der Waals surface area contributed by atoms with Gasteiger partial charge in [0.2, 0.25) is 15.9 Å². The minimum Gasteiger partial charge on any atom is -0.468 e. The fraction of sp³-hybridized carbons (Fsp3) is 0.421. The summed E-state index contributed by atoms with van der Waals surface area (Å²) >= 11 is 0. The summed E-state index contributed by atoms with van der Waals surface area (Å²) in [5.41, 5.74) is 0.770. The van der Waals surface area contributed by atoms with Crippen LogP contribution < -0.4 is 5.32 Å². The van der Waals surface area contributed by atoms with E-state index in [2.05, 4.69) is 5.32 Å². The molecule has 8 heteroatoms. The van der Waals surface area contributed by atoms with Gasteiger partial charge in [0.15, 0.2) is 0 Å². The van der Waals surface area contributed by atoms with Crippen LogP contribution in [0.3, 0.4) is 0 Å². The Morgan fingerprint density at radius 1 is 1.11 bits per heavy atom. The van der Waals surface area contributed by atoms with E-state index in [1.165, 1.54) is 4.31 Å². The summed E-state index contributed by atoms with van der Waals surface area (Å²) < 4.78 is 31.9. The van der Waals surface area contributed by atoms with Crippen LogP contribution in [0, 0.1) is 0 Å². The summed E-state index contributed by atoms with van der Waals surface area (Å²) in [5.74, 6) is 0.734. The molecule has 0 unspecified atom stereocenters. The molecule has 1 atom stereocenters. The second-order valence-electron chi connectivity index (χ2n) is 6.64. The number of carbonyl (C=O) groups excluding carboxylic acids is 1. The number of benzene rings is 1. The maximum Gasteiger partial charge on any atom is 0.236 e. The van der Waals surface area contributed by atoms with Crippen LogP contribution in [0.4, 0.5) is 0 Å². The lowest BCUT2D eigenvalue weighted by molar-refractivity contribution is -0.131. The Kier molecular flexibility index (Phi) is 6.30. The van der Waals surface area contributed by atoms with Gasteiger partial charge in [0.25, 0.3) is 0 Å². The van der Waals surface area contributed by atoms with E-state index in [1.54, 1.807) is 11.2 Å². The standard InChI is InChI=1S/C19H25N3O4S/c1-16(18-8-5-13-26-18)20-14-19(23)21-9-11-22(12-10-21)27(24,25)15-17-6-3-2-4-7-17/h2-8,13,16,20H,9-12,14-15H2,1H3/t16-/m1/s1. The van der Waals surface area contributed by atoms with Crippen molar-refractivity contribution in [2.24, 2.45) is 0 Å². The molecule has 7 nitrogen and oxygen atoms in total. The molecule has 2 heterocycles. The summed E-state index contributed by atoms with van der Waals surface area (Å²) in [6.07, 6.45) is 1.60. The van der Waals surface area contributed by atoms with Crippen molar-refractivity contribution in [1.29, 1.82) is 0 Å². The third-order valence-corrected chi connectivity index (χ3v) is 6.56.